The molecule has 0 amide bonds. The van der Waals surface area contributed by atoms with Crippen molar-refractivity contribution in [2.75, 3.05) is 0 Å². The molecule has 1 unspecified atom stereocenters. The lowest BCUT2D eigenvalue weighted by Gasteiger charge is -2.40. The van der Waals surface area contributed by atoms with Crippen molar-refractivity contribution in [3.8, 4) is 6.07 Å². The molecule has 0 radical (unpaired) electrons. The zero-order valence-corrected chi connectivity index (χ0v) is 12.1. The van der Waals surface area contributed by atoms with Crippen molar-refractivity contribution >= 4 is 5.97 Å². The van der Waals surface area contributed by atoms with Gasteiger partial charge in [-0.25, -0.2) is 0 Å². The summed E-state index contributed by atoms with van der Waals surface area (Å²) in [6.07, 6.45) is 1.35. The van der Waals surface area contributed by atoms with Gasteiger partial charge in [-0.05, 0) is 27.2 Å². The second kappa shape index (κ2) is 6.88. The summed E-state index contributed by atoms with van der Waals surface area (Å²) in [4.78, 5) is 11.7. The topological polar surface area (TPSA) is 68.6 Å². The summed E-state index contributed by atoms with van der Waals surface area (Å²) >= 11 is 0. The van der Waals surface area contributed by atoms with Gasteiger partial charge >= 0.3 is 5.97 Å². The number of nitrogens with zero attached hydrogens (tertiary/aromatic N) is 1. The Balaban J connectivity index is 2.52. The highest BCUT2D eigenvalue weighted by Gasteiger charge is 2.36. The molecule has 5 heteroatoms. The molecule has 0 N–H and O–H groups in total. The Morgan fingerprint density at radius 2 is 2.11 bits per heavy atom. The van der Waals surface area contributed by atoms with Crippen molar-refractivity contribution in [1.29, 1.82) is 5.26 Å². The number of rotatable bonds is 5. The predicted molar refractivity (Wildman–Crippen MR) is 69.1 cm³/mol. The molecule has 3 atom stereocenters. The van der Waals surface area contributed by atoms with Gasteiger partial charge in [-0.2, -0.15) is 5.26 Å². The maximum atomic E-state index is 11.7. The predicted octanol–water partition coefficient (Wildman–Crippen LogP) is 2.54. The molecule has 0 bridgehead atoms. The van der Waals surface area contributed by atoms with Crippen molar-refractivity contribution in [2.45, 2.75) is 77.5 Å². The fraction of sp³-hybridized carbons (Fsp3) is 0.857. The molecule has 1 saturated heterocycles. The van der Waals surface area contributed by atoms with Crippen LogP contribution in [0.4, 0.5) is 0 Å². The van der Waals surface area contributed by atoms with Gasteiger partial charge in [0.2, 0.25) is 0 Å². The van der Waals surface area contributed by atoms with Crippen LogP contribution in [-0.2, 0) is 19.0 Å². The summed E-state index contributed by atoms with van der Waals surface area (Å²) < 4.78 is 16.6. The molecule has 1 aliphatic rings. The molecular weight excluding hydrogens is 246 g/mol. The van der Waals surface area contributed by atoms with E-state index in [0.29, 0.717) is 12.8 Å². The van der Waals surface area contributed by atoms with Crippen LogP contribution in [0.2, 0.25) is 0 Å². The van der Waals surface area contributed by atoms with Crippen LogP contribution >= 0.6 is 0 Å². The fourth-order valence-corrected chi connectivity index (χ4v) is 2.11. The number of carbonyl (C=O) groups excluding carboxylic acids is 1. The molecule has 1 aliphatic heterocycles. The normalized spacial score (nSPS) is 27.3. The van der Waals surface area contributed by atoms with E-state index in [0.717, 1.165) is 6.42 Å². The van der Waals surface area contributed by atoms with Crippen LogP contribution in [0, 0.1) is 11.3 Å². The quantitative estimate of drug-likeness (QED) is 0.717. The lowest BCUT2D eigenvalue weighted by Crippen LogP contribution is -2.45. The van der Waals surface area contributed by atoms with Crippen LogP contribution < -0.4 is 0 Å². The van der Waals surface area contributed by atoms with Crippen molar-refractivity contribution < 1.29 is 19.0 Å². The molecule has 1 heterocycles. The lowest BCUT2D eigenvalue weighted by atomic mass is 10.0. The first-order valence-electron chi connectivity index (χ1n) is 6.78. The highest BCUT2D eigenvalue weighted by atomic mass is 16.7. The second-order valence-corrected chi connectivity index (χ2v) is 5.39. The van der Waals surface area contributed by atoms with Crippen LogP contribution in [0.5, 0.6) is 0 Å². The summed E-state index contributed by atoms with van der Waals surface area (Å²) in [5.74, 6) is -1.02. The van der Waals surface area contributed by atoms with Crippen molar-refractivity contribution in [2.24, 2.45) is 0 Å². The number of ether oxygens (including phenoxy) is 3. The third-order valence-corrected chi connectivity index (χ3v) is 3.05. The van der Waals surface area contributed by atoms with Crippen LogP contribution in [0.25, 0.3) is 0 Å². The van der Waals surface area contributed by atoms with Gasteiger partial charge in [0.1, 0.15) is 0 Å². The van der Waals surface area contributed by atoms with E-state index in [-0.39, 0.29) is 30.7 Å². The summed E-state index contributed by atoms with van der Waals surface area (Å²) in [5, 5.41) is 8.75. The minimum Gasteiger partial charge on any atom is -0.463 e. The number of hydrogen-bond donors (Lipinski definition) is 0. The Hall–Kier alpha value is -1.12. The van der Waals surface area contributed by atoms with Gasteiger partial charge in [0.25, 0.3) is 0 Å². The Kier molecular flexibility index (Phi) is 5.77. The molecule has 0 aliphatic carbocycles. The number of hydrogen-bond acceptors (Lipinski definition) is 5. The van der Waals surface area contributed by atoms with E-state index in [1.807, 2.05) is 13.8 Å². The standard InChI is InChI=1S/C14H23NO4/c1-5-10(2)17-13(16)9-12-8-11(6-7-15)18-14(3,4)19-12/h10-12H,5-6,8-9H2,1-4H3/t10?,11-,12-/m1/s1. The first kappa shape index (κ1) is 15.9. The van der Waals surface area contributed by atoms with E-state index < -0.39 is 5.79 Å². The first-order valence-corrected chi connectivity index (χ1v) is 6.78. The fourth-order valence-electron chi connectivity index (χ4n) is 2.11. The molecular formula is C14H23NO4. The lowest BCUT2D eigenvalue weighted by molar-refractivity contribution is -0.298. The number of nitriles is 1. The monoisotopic (exact) mass is 269 g/mol. The zero-order chi connectivity index (χ0) is 14.5. The summed E-state index contributed by atoms with van der Waals surface area (Å²) in [6.45, 7) is 7.42. The minimum absolute atomic E-state index is 0.0738. The summed E-state index contributed by atoms with van der Waals surface area (Å²) in [6, 6.07) is 2.09. The number of esters is 1. The van der Waals surface area contributed by atoms with Gasteiger partial charge < -0.3 is 14.2 Å². The molecule has 5 nitrogen and oxygen atoms in total. The van der Waals surface area contributed by atoms with E-state index in [2.05, 4.69) is 6.07 Å². The largest absolute Gasteiger partial charge is 0.463 e. The van der Waals surface area contributed by atoms with Crippen LogP contribution in [0.15, 0.2) is 0 Å². The summed E-state index contributed by atoms with van der Waals surface area (Å²) in [7, 11) is 0. The van der Waals surface area contributed by atoms with Crippen molar-refractivity contribution in [3.63, 3.8) is 0 Å². The van der Waals surface area contributed by atoms with Gasteiger partial charge in [0.05, 0.1) is 37.2 Å². The third-order valence-electron chi connectivity index (χ3n) is 3.05. The van der Waals surface area contributed by atoms with E-state index in [1.165, 1.54) is 0 Å². The van der Waals surface area contributed by atoms with Crippen molar-refractivity contribution in [3.05, 3.63) is 0 Å². The van der Waals surface area contributed by atoms with E-state index in [4.69, 9.17) is 19.5 Å². The van der Waals surface area contributed by atoms with E-state index in [9.17, 15) is 4.79 Å². The van der Waals surface area contributed by atoms with Gasteiger partial charge in [-0.15, -0.1) is 0 Å². The molecule has 0 aromatic rings. The SMILES string of the molecule is CCC(C)OC(=O)C[C@H]1C[C@@H](CC#N)OC(C)(C)O1. The zero-order valence-electron chi connectivity index (χ0n) is 12.1. The molecule has 1 fully saturated rings. The minimum atomic E-state index is -0.763. The molecule has 19 heavy (non-hydrogen) atoms. The second-order valence-electron chi connectivity index (χ2n) is 5.39. The molecule has 0 aromatic heterocycles. The van der Waals surface area contributed by atoms with E-state index in [1.54, 1.807) is 13.8 Å². The Morgan fingerprint density at radius 1 is 1.47 bits per heavy atom. The first-order chi connectivity index (χ1) is 8.86. The van der Waals surface area contributed by atoms with Crippen LogP contribution in [0.3, 0.4) is 0 Å². The van der Waals surface area contributed by atoms with Crippen LogP contribution in [-0.4, -0.2) is 30.1 Å². The highest BCUT2D eigenvalue weighted by molar-refractivity contribution is 5.70. The molecule has 0 saturated carbocycles. The molecule has 108 valence electrons. The van der Waals surface area contributed by atoms with Gasteiger partial charge in [-0.1, -0.05) is 6.92 Å². The van der Waals surface area contributed by atoms with Gasteiger partial charge in [-0.3, -0.25) is 4.79 Å². The Morgan fingerprint density at radius 3 is 2.68 bits per heavy atom. The maximum Gasteiger partial charge on any atom is 0.308 e. The van der Waals surface area contributed by atoms with E-state index >= 15 is 0 Å². The molecule has 0 spiro atoms. The highest BCUT2D eigenvalue weighted by Crippen LogP contribution is 2.29. The van der Waals surface area contributed by atoms with Crippen LogP contribution in [0.1, 0.15) is 53.4 Å². The average molecular weight is 269 g/mol. The Labute approximate surface area is 114 Å². The Bertz CT molecular complexity index is 348. The smallest absolute Gasteiger partial charge is 0.308 e. The average Bonchev–Trinajstić information content (AvgIpc) is 2.26. The summed E-state index contributed by atoms with van der Waals surface area (Å²) in [5.41, 5.74) is 0. The maximum absolute atomic E-state index is 11.7. The van der Waals surface area contributed by atoms with Gasteiger partial charge in [0.15, 0.2) is 5.79 Å². The molecule has 0 aromatic carbocycles. The van der Waals surface area contributed by atoms with Crippen molar-refractivity contribution in [1.82, 2.24) is 0 Å². The third kappa shape index (κ3) is 5.58. The van der Waals surface area contributed by atoms with Gasteiger partial charge in [0, 0.05) is 6.42 Å². The molecule has 1 rings (SSSR count). The number of carbonyl (C=O) groups is 1.